The summed E-state index contributed by atoms with van der Waals surface area (Å²) in [4.78, 5) is 24.4. The summed E-state index contributed by atoms with van der Waals surface area (Å²) in [6, 6.07) is -0.224. The average Bonchev–Trinajstić information content (AvgIpc) is 2.52. The van der Waals surface area contributed by atoms with Crippen LogP contribution in [0.5, 0.6) is 0 Å². The Balaban J connectivity index is 2.51. The molecule has 1 rings (SSSR count). The zero-order chi connectivity index (χ0) is 10.7. The van der Waals surface area contributed by atoms with Crippen molar-refractivity contribution in [1.29, 1.82) is 0 Å². The molecule has 1 saturated heterocycles. The highest BCUT2D eigenvalue weighted by molar-refractivity contribution is 5.84. The van der Waals surface area contributed by atoms with Crippen LogP contribution in [0, 0.1) is 5.92 Å². The van der Waals surface area contributed by atoms with E-state index in [4.69, 9.17) is 5.73 Å². The number of hydrogen-bond acceptors (Lipinski definition) is 3. The van der Waals surface area contributed by atoms with Gasteiger partial charge in [-0.1, -0.05) is 13.8 Å². The van der Waals surface area contributed by atoms with Crippen molar-refractivity contribution in [3.63, 3.8) is 0 Å². The molecule has 1 atom stereocenters. The Kier molecular flexibility index (Phi) is 3.63. The molecular formula is C10H18N2O2. The third kappa shape index (κ3) is 2.54. The van der Waals surface area contributed by atoms with Gasteiger partial charge in [-0.3, -0.25) is 14.5 Å². The molecule has 0 saturated carbocycles. The van der Waals surface area contributed by atoms with Crippen LogP contribution in [0.25, 0.3) is 0 Å². The Hall–Kier alpha value is -0.900. The summed E-state index contributed by atoms with van der Waals surface area (Å²) in [7, 11) is 0. The molecule has 0 aromatic rings. The molecule has 80 valence electrons. The summed E-state index contributed by atoms with van der Waals surface area (Å²) < 4.78 is 0. The second-order valence-corrected chi connectivity index (χ2v) is 4.15. The van der Waals surface area contributed by atoms with Gasteiger partial charge in [0.2, 0.25) is 5.91 Å². The fraction of sp³-hybridized carbons (Fsp3) is 0.800. The Labute approximate surface area is 84.4 Å². The van der Waals surface area contributed by atoms with Crippen LogP contribution in [0.2, 0.25) is 0 Å². The first kappa shape index (κ1) is 11.2. The van der Waals surface area contributed by atoms with E-state index in [1.807, 2.05) is 18.7 Å². The summed E-state index contributed by atoms with van der Waals surface area (Å²) in [6.07, 6.45) is 1.75. The van der Waals surface area contributed by atoms with Gasteiger partial charge in [0.25, 0.3) is 0 Å². The van der Waals surface area contributed by atoms with Crippen LogP contribution in [0.1, 0.15) is 26.7 Å². The summed E-state index contributed by atoms with van der Waals surface area (Å²) in [6.45, 7) is 4.92. The van der Waals surface area contributed by atoms with Gasteiger partial charge in [-0.2, -0.15) is 0 Å². The van der Waals surface area contributed by atoms with Gasteiger partial charge >= 0.3 is 0 Å². The van der Waals surface area contributed by atoms with E-state index in [2.05, 4.69) is 0 Å². The van der Waals surface area contributed by atoms with E-state index >= 15 is 0 Å². The minimum absolute atomic E-state index is 0.0316. The number of likely N-dealkylation sites (tertiary alicyclic amines) is 1. The highest BCUT2D eigenvalue weighted by Gasteiger charge is 2.30. The number of primary amides is 1. The van der Waals surface area contributed by atoms with Gasteiger partial charge in [-0.15, -0.1) is 0 Å². The zero-order valence-corrected chi connectivity index (χ0v) is 8.82. The van der Waals surface area contributed by atoms with E-state index in [1.54, 1.807) is 0 Å². The highest BCUT2D eigenvalue weighted by atomic mass is 16.1. The molecule has 4 nitrogen and oxygen atoms in total. The number of rotatable bonds is 4. The molecule has 4 heteroatoms. The van der Waals surface area contributed by atoms with Crippen molar-refractivity contribution in [3.8, 4) is 0 Å². The Morgan fingerprint density at radius 3 is 2.64 bits per heavy atom. The number of Topliss-reactive ketones (excluding diaryl/α,β-unsaturated/α-hetero) is 1. The lowest BCUT2D eigenvalue weighted by molar-refractivity contribution is -0.126. The monoisotopic (exact) mass is 198 g/mol. The van der Waals surface area contributed by atoms with Crippen LogP contribution in [0.15, 0.2) is 0 Å². The number of hydrogen-bond donors (Lipinski definition) is 1. The number of carbonyl (C=O) groups is 2. The summed E-state index contributed by atoms with van der Waals surface area (Å²) in [5.41, 5.74) is 5.25. The fourth-order valence-corrected chi connectivity index (χ4v) is 1.72. The lowest BCUT2D eigenvalue weighted by atomic mass is 10.1. The van der Waals surface area contributed by atoms with E-state index in [-0.39, 0.29) is 23.7 Å². The van der Waals surface area contributed by atoms with Crippen molar-refractivity contribution in [2.75, 3.05) is 13.1 Å². The van der Waals surface area contributed by atoms with Gasteiger partial charge in [-0.05, 0) is 19.4 Å². The number of amides is 1. The maximum absolute atomic E-state index is 11.5. The number of carbonyl (C=O) groups excluding carboxylic acids is 2. The largest absolute Gasteiger partial charge is 0.368 e. The minimum Gasteiger partial charge on any atom is -0.368 e. The van der Waals surface area contributed by atoms with E-state index < -0.39 is 0 Å². The minimum atomic E-state index is -0.306. The molecule has 1 heterocycles. The first-order valence-electron chi connectivity index (χ1n) is 5.08. The fourth-order valence-electron chi connectivity index (χ4n) is 1.72. The van der Waals surface area contributed by atoms with Crippen LogP contribution in [0.4, 0.5) is 0 Å². The van der Waals surface area contributed by atoms with Gasteiger partial charge < -0.3 is 5.73 Å². The Morgan fingerprint density at radius 1 is 1.50 bits per heavy atom. The predicted octanol–water partition coefficient (Wildman–Crippen LogP) is 0.161. The average molecular weight is 198 g/mol. The predicted molar refractivity (Wildman–Crippen MR) is 53.6 cm³/mol. The standard InChI is InChI=1S/C10H18N2O2/c1-7(2)9(13)6-12-5-3-4-8(12)10(11)14/h7-8H,3-6H2,1-2H3,(H2,11,14). The Bertz CT molecular complexity index is 238. The topological polar surface area (TPSA) is 63.4 Å². The number of ketones is 1. The molecule has 0 bridgehead atoms. The second-order valence-electron chi connectivity index (χ2n) is 4.15. The molecule has 0 aromatic carbocycles. The third-order valence-corrected chi connectivity index (χ3v) is 2.69. The molecule has 0 radical (unpaired) electrons. The first-order chi connectivity index (χ1) is 6.52. The Morgan fingerprint density at radius 2 is 2.14 bits per heavy atom. The molecule has 14 heavy (non-hydrogen) atoms. The first-order valence-corrected chi connectivity index (χ1v) is 5.08. The van der Waals surface area contributed by atoms with Gasteiger partial charge in [0.1, 0.15) is 5.78 Å². The zero-order valence-electron chi connectivity index (χ0n) is 8.82. The van der Waals surface area contributed by atoms with Crippen LogP contribution in [0.3, 0.4) is 0 Å². The van der Waals surface area contributed by atoms with Gasteiger partial charge in [0.05, 0.1) is 12.6 Å². The van der Waals surface area contributed by atoms with Gasteiger partial charge in [0.15, 0.2) is 0 Å². The molecule has 1 fully saturated rings. The maximum atomic E-state index is 11.5. The molecule has 0 aliphatic carbocycles. The molecule has 1 aliphatic rings. The summed E-state index contributed by atoms with van der Waals surface area (Å²) >= 11 is 0. The molecule has 1 amide bonds. The lowest BCUT2D eigenvalue weighted by Gasteiger charge is -2.21. The van der Waals surface area contributed by atoms with Crippen molar-refractivity contribution in [2.45, 2.75) is 32.7 Å². The highest BCUT2D eigenvalue weighted by Crippen LogP contribution is 2.16. The normalized spacial score (nSPS) is 22.9. The van der Waals surface area contributed by atoms with Gasteiger partial charge in [-0.25, -0.2) is 0 Å². The number of nitrogens with two attached hydrogens (primary N) is 1. The summed E-state index contributed by atoms with van der Waals surface area (Å²) in [5, 5.41) is 0. The van der Waals surface area contributed by atoms with E-state index in [0.717, 1.165) is 19.4 Å². The van der Waals surface area contributed by atoms with Crippen LogP contribution < -0.4 is 5.73 Å². The van der Waals surface area contributed by atoms with Crippen molar-refractivity contribution in [3.05, 3.63) is 0 Å². The van der Waals surface area contributed by atoms with E-state index in [0.29, 0.717) is 6.54 Å². The molecule has 0 spiro atoms. The SMILES string of the molecule is CC(C)C(=O)CN1CCCC1C(N)=O. The second kappa shape index (κ2) is 4.55. The quantitative estimate of drug-likeness (QED) is 0.700. The maximum Gasteiger partial charge on any atom is 0.234 e. The molecule has 1 unspecified atom stereocenters. The van der Waals surface area contributed by atoms with Crippen molar-refractivity contribution < 1.29 is 9.59 Å². The summed E-state index contributed by atoms with van der Waals surface area (Å²) in [5.74, 6) is -0.0960. The van der Waals surface area contributed by atoms with Crippen LogP contribution >= 0.6 is 0 Å². The smallest absolute Gasteiger partial charge is 0.234 e. The van der Waals surface area contributed by atoms with E-state index in [9.17, 15) is 9.59 Å². The van der Waals surface area contributed by atoms with Crippen molar-refractivity contribution >= 4 is 11.7 Å². The van der Waals surface area contributed by atoms with E-state index in [1.165, 1.54) is 0 Å². The van der Waals surface area contributed by atoms with Crippen molar-refractivity contribution in [2.24, 2.45) is 11.7 Å². The molecule has 1 aliphatic heterocycles. The van der Waals surface area contributed by atoms with Crippen molar-refractivity contribution in [1.82, 2.24) is 4.90 Å². The third-order valence-electron chi connectivity index (χ3n) is 2.69. The molecule has 0 aromatic heterocycles. The lowest BCUT2D eigenvalue weighted by Crippen LogP contribution is -2.43. The van der Waals surface area contributed by atoms with Crippen LogP contribution in [-0.4, -0.2) is 35.7 Å². The number of nitrogens with zero attached hydrogens (tertiary/aromatic N) is 1. The molecular weight excluding hydrogens is 180 g/mol. The van der Waals surface area contributed by atoms with Crippen LogP contribution in [-0.2, 0) is 9.59 Å². The molecule has 2 N–H and O–H groups in total. The van der Waals surface area contributed by atoms with Gasteiger partial charge in [0, 0.05) is 5.92 Å².